The Morgan fingerprint density at radius 3 is 2.13 bits per heavy atom. The minimum absolute atomic E-state index is 0.0976. The molecule has 0 aromatic rings. The van der Waals surface area contributed by atoms with E-state index in [2.05, 4.69) is 0 Å². The Balaban J connectivity index is 2.34. The van der Waals surface area contributed by atoms with Crippen LogP contribution < -0.4 is 0 Å². The fraction of sp³-hybridized carbons (Fsp3) is 0.889. The zero-order chi connectivity index (χ0) is 11.6. The molecule has 15 heavy (non-hydrogen) atoms. The van der Waals surface area contributed by atoms with Crippen molar-refractivity contribution >= 4 is 6.16 Å². The summed E-state index contributed by atoms with van der Waals surface area (Å²) in [5.74, 6) is 0. The van der Waals surface area contributed by atoms with Crippen LogP contribution in [0.25, 0.3) is 0 Å². The van der Waals surface area contributed by atoms with Crippen molar-refractivity contribution in [3.05, 3.63) is 0 Å². The molecule has 1 aliphatic rings. The predicted molar refractivity (Wildman–Crippen MR) is 50.9 cm³/mol. The Hall–Kier alpha value is -0.850. The molecule has 6 heteroatoms. The van der Waals surface area contributed by atoms with Crippen molar-refractivity contribution in [2.45, 2.75) is 38.6 Å². The van der Waals surface area contributed by atoms with Crippen LogP contribution in [-0.4, -0.2) is 52.3 Å². The fourth-order valence-electron chi connectivity index (χ4n) is 1.18. The third kappa shape index (κ3) is 4.03. The Bertz CT molecular complexity index is 227. The largest absolute Gasteiger partial charge is 0.528 e. The molecule has 0 aliphatic carbocycles. The number of ether oxygens (including phenoxy) is 1. The Morgan fingerprint density at radius 2 is 1.73 bits per heavy atom. The van der Waals surface area contributed by atoms with Gasteiger partial charge in [0.2, 0.25) is 0 Å². The summed E-state index contributed by atoms with van der Waals surface area (Å²) < 4.78 is 4.90. The van der Waals surface area contributed by atoms with Crippen LogP contribution in [0.4, 0.5) is 4.79 Å². The normalized spacial score (nSPS) is 27.8. The molecule has 1 rings (SSSR count). The maximum absolute atomic E-state index is 11.2. The summed E-state index contributed by atoms with van der Waals surface area (Å²) in [6.45, 7) is 5.37. The van der Waals surface area contributed by atoms with Gasteiger partial charge < -0.3 is 19.8 Å². The van der Waals surface area contributed by atoms with Gasteiger partial charge in [-0.05, 0) is 20.8 Å². The van der Waals surface area contributed by atoms with Crippen molar-refractivity contribution in [3.63, 3.8) is 0 Å². The first-order valence-electron chi connectivity index (χ1n) is 4.80. The fourth-order valence-corrected chi connectivity index (χ4v) is 1.18. The molecule has 1 fully saturated rings. The van der Waals surface area contributed by atoms with E-state index in [1.165, 1.54) is 5.06 Å². The number of carbonyl (C=O) groups excluding carboxylic acids is 1. The second-order valence-electron chi connectivity index (χ2n) is 4.54. The first-order valence-corrected chi connectivity index (χ1v) is 4.80. The van der Waals surface area contributed by atoms with E-state index in [9.17, 15) is 15.0 Å². The van der Waals surface area contributed by atoms with Crippen LogP contribution in [0.15, 0.2) is 0 Å². The lowest BCUT2D eigenvalue weighted by Gasteiger charge is -2.21. The van der Waals surface area contributed by atoms with Crippen LogP contribution in [-0.2, 0) is 9.57 Å². The number of rotatable bonds is 1. The van der Waals surface area contributed by atoms with Gasteiger partial charge in [0.1, 0.15) is 5.60 Å². The van der Waals surface area contributed by atoms with Gasteiger partial charge in [-0.2, -0.15) is 0 Å². The van der Waals surface area contributed by atoms with Crippen LogP contribution >= 0.6 is 0 Å². The van der Waals surface area contributed by atoms with Gasteiger partial charge in [0.25, 0.3) is 0 Å². The molecule has 1 saturated heterocycles. The van der Waals surface area contributed by atoms with Gasteiger partial charge in [0.15, 0.2) is 0 Å². The standard InChI is InChI=1S/C9H17NO5/c1-9(2,3)14-8(13)15-10-4-6(11)7(12)5-10/h6-7,11-12H,4-5H2,1-3H3/t6-,7-/m0/s1. The van der Waals surface area contributed by atoms with Crippen molar-refractivity contribution in [2.24, 2.45) is 0 Å². The smallest absolute Gasteiger partial charge is 0.427 e. The SMILES string of the molecule is CC(C)(C)OC(=O)ON1C[C@H](O)[C@@H](O)C1. The van der Waals surface area contributed by atoms with Gasteiger partial charge in [0, 0.05) is 0 Å². The van der Waals surface area contributed by atoms with Crippen molar-refractivity contribution in [1.82, 2.24) is 5.06 Å². The summed E-state index contributed by atoms with van der Waals surface area (Å²) in [5.41, 5.74) is -0.617. The quantitative estimate of drug-likeness (QED) is 0.599. The van der Waals surface area contributed by atoms with E-state index in [-0.39, 0.29) is 13.1 Å². The Morgan fingerprint density at radius 1 is 1.27 bits per heavy atom. The average molecular weight is 219 g/mol. The van der Waals surface area contributed by atoms with E-state index in [1.54, 1.807) is 20.8 Å². The third-order valence-corrected chi connectivity index (χ3v) is 1.82. The van der Waals surface area contributed by atoms with E-state index in [0.29, 0.717) is 0 Å². The molecular formula is C9H17NO5. The van der Waals surface area contributed by atoms with Crippen molar-refractivity contribution < 1.29 is 24.6 Å². The molecule has 1 heterocycles. The molecular weight excluding hydrogens is 202 g/mol. The highest BCUT2D eigenvalue weighted by Crippen LogP contribution is 2.13. The maximum Gasteiger partial charge on any atom is 0.528 e. The Labute approximate surface area is 88.3 Å². The molecule has 0 spiro atoms. The minimum Gasteiger partial charge on any atom is -0.427 e. The number of hydrogen-bond donors (Lipinski definition) is 2. The van der Waals surface area contributed by atoms with E-state index >= 15 is 0 Å². The number of β-amino-alcohol motifs (C(OH)–C–C–N with tert-alkyl or cyclic N) is 2. The van der Waals surface area contributed by atoms with Crippen LogP contribution in [0.5, 0.6) is 0 Å². The summed E-state index contributed by atoms with van der Waals surface area (Å²) in [6, 6.07) is 0. The summed E-state index contributed by atoms with van der Waals surface area (Å²) in [6.07, 6.45) is -2.59. The monoisotopic (exact) mass is 219 g/mol. The molecule has 0 amide bonds. The van der Waals surface area contributed by atoms with Crippen molar-refractivity contribution in [1.29, 1.82) is 0 Å². The number of aliphatic hydroxyl groups excluding tert-OH is 2. The summed E-state index contributed by atoms with van der Waals surface area (Å²) in [7, 11) is 0. The van der Waals surface area contributed by atoms with E-state index in [0.717, 1.165) is 0 Å². The molecule has 88 valence electrons. The molecule has 0 bridgehead atoms. The molecule has 0 unspecified atom stereocenters. The molecule has 0 aromatic heterocycles. The van der Waals surface area contributed by atoms with Gasteiger partial charge in [-0.15, -0.1) is 5.06 Å². The van der Waals surface area contributed by atoms with Gasteiger partial charge >= 0.3 is 6.16 Å². The van der Waals surface area contributed by atoms with Gasteiger partial charge in [0.05, 0.1) is 25.3 Å². The lowest BCUT2D eigenvalue weighted by molar-refractivity contribution is -0.135. The first-order chi connectivity index (χ1) is 6.78. The molecule has 0 radical (unpaired) electrons. The van der Waals surface area contributed by atoms with Crippen LogP contribution in [0.2, 0.25) is 0 Å². The summed E-state index contributed by atoms with van der Waals surface area (Å²) >= 11 is 0. The number of carbonyl (C=O) groups is 1. The zero-order valence-corrected chi connectivity index (χ0v) is 9.14. The molecule has 2 atom stereocenters. The summed E-state index contributed by atoms with van der Waals surface area (Å²) in [4.78, 5) is 16.0. The van der Waals surface area contributed by atoms with Gasteiger partial charge in [-0.3, -0.25) is 0 Å². The number of hydrogen-bond acceptors (Lipinski definition) is 6. The van der Waals surface area contributed by atoms with Crippen molar-refractivity contribution in [3.8, 4) is 0 Å². The lowest BCUT2D eigenvalue weighted by Crippen LogP contribution is -2.31. The molecule has 0 aromatic carbocycles. The Kier molecular flexibility index (Phi) is 3.54. The number of nitrogens with zero attached hydrogens (tertiary/aromatic N) is 1. The van der Waals surface area contributed by atoms with Gasteiger partial charge in [-0.25, -0.2) is 4.79 Å². The molecule has 0 saturated carbocycles. The average Bonchev–Trinajstić information content (AvgIpc) is 2.26. The third-order valence-electron chi connectivity index (χ3n) is 1.82. The summed E-state index contributed by atoms with van der Waals surface area (Å²) in [5, 5.41) is 19.6. The number of hydroxylamine groups is 2. The van der Waals surface area contributed by atoms with E-state index in [1.807, 2.05) is 0 Å². The molecule has 1 aliphatic heterocycles. The van der Waals surface area contributed by atoms with E-state index < -0.39 is 24.0 Å². The number of aliphatic hydroxyl groups is 2. The van der Waals surface area contributed by atoms with Gasteiger partial charge in [-0.1, -0.05) is 0 Å². The topological polar surface area (TPSA) is 79.2 Å². The zero-order valence-electron chi connectivity index (χ0n) is 9.14. The van der Waals surface area contributed by atoms with Crippen LogP contribution in [0, 0.1) is 0 Å². The maximum atomic E-state index is 11.2. The second kappa shape index (κ2) is 4.34. The molecule has 6 nitrogen and oxygen atoms in total. The predicted octanol–water partition coefficient (Wildman–Crippen LogP) is -0.109. The van der Waals surface area contributed by atoms with Crippen molar-refractivity contribution in [2.75, 3.05) is 13.1 Å². The minimum atomic E-state index is -0.882. The van der Waals surface area contributed by atoms with Crippen LogP contribution in [0.1, 0.15) is 20.8 Å². The lowest BCUT2D eigenvalue weighted by atomic mass is 10.2. The first kappa shape index (κ1) is 12.2. The van der Waals surface area contributed by atoms with E-state index in [4.69, 9.17) is 9.57 Å². The highest BCUT2D eigenvalue weighted by atomic mass is 16.8. The van der Waals surface area contributed by atoms with Crippen LogP contribution in [0.3, 0.4) is 0 Å². The highest BCUT2D eigenvalue weighted by Gasteiger charge is 2.33. The second-order valence-corrected chi connectivity index (χ2v) is 4.54. The molecule has 2 N–H and O–H groups in total. The highest BCUT2D eigenvalue weighted by molar-refractivity contribution is 5.60.